The first-order valence-electron chi connectivity index (χ1n) is 7.82. The second-order valence-corrected chi connectivity index (χ2v) is 7.61. The summed E-state index contributed by atoms with van der Waals surface area (Å²) in [4.78, 5) is 13.4. The number of thioether (sulfide) groups is 1. The van der Waals surface area contributed by atoms with Crippen LogP contribution < -0.4 is 0 Å². The first-order valence-corrected chi connectivity index (χ1v) is 9.62. The normalized spacial score (nSPS) is 11.2. The first kappa shape index (κ1) is 16.9. The zero-order chi connectivity index (χ0) is 18.1. The van der Waals surface area contributed by atoms with E-state index in [9.17, 15) is 9.18 Å². The van der Waals surface area contributed by atoms with Crippen molar-refractivity contribution in [3.63, 3.8) is 0 Å². The topological polar surface area (TPSA) is 60.7 Å². The Morgan fingerprint density at radius 3 is 2.88 bits per heavy atom. The molecular weight excluding hydrogens is 371 g/mol. The van der Waals surface area contributed by atoms with E-state index in [2.05, 4.69) is 15.5 Å². The van der Waals surface area contributed by atoms with Gasteiger partial charge in [0.05, 0.1) is 16.3 Å². The molecule has 0 amide bonds. The molecule has 0 bridgehead atoms. The summed E-state index contributed by atoms with van der Waals surface area (Å²) < 4.78 is 16.0. The minimum atomic E-state index is -0.370. The van der Waals surface area contributed by atoms with Gasteiger partial charge in [-0.25, -0.2) is 4.39 Å². The van der Waals surface area contributed by atoms with Gasteiger partial charge in [-0.15, -0.1) is 16.4 Å². The number of rotatable bonds is 5. The molecule has 0 N–H and O–H groups in total. The summed E-state index contributed by atoms with van der Waals surface area (Å²) in [6, 6.07) is 14.0. The number of benzene rings is 2. The third kappa shape index (κ3) is 3.13. The van der Waals surface area contributed by atoms with Gasteiger partial charge >= 0.3 is 0 Å². The van der Waals surface area contributed by atoms with Gasteiger partial charge in [0.2, 0.25) is 5.16 Å². The van der Waals surface area contributed by atoms with Crippen LogP contribution in [-0.4, -0.2) is 31.7 Å². The fourth-order valence-electron chi connectivity index (χ4n) is 2.67. The highest BCUT2D eigenvalue weighted by Gasteiger charge is 2.17. The predicted octanol–water partition coefficient (Wildman–Crippen LogP) is 4.30. The van der Waals surface area contributed by atoms with E-state index >= 15 is 0 Å². The van der Waals surface area contributed by atoms with E-state index in [0.717, 1.165) is 20.5 Å². The fraction of sp³-hybridized carbons (Fsp3) is 0.111. The van der Waals surface area contributed by atoms with E-state index in [4.69, 9.17) is 0 Å². The number of nitrogens with zero attached hydrogens (tertiary/aromatic N) is 4. The Kier molecular flexibility index (Phi) is 4.52. The molecule has 2 aromatic heterocycles. The van der Waals surface area contributed by atoms with Crippen LogP contribution in [0.1, 0.15) is 15.2 Å². The monoisotopic (exact) mass is 384 g/mol. The van der Waals surface area contributed by atoms with E-state index in [1.54, 1.807) is 12.1 Å². The minimum absolute atomic E-state index is 0.0301. The van der Waals surface area contributed by atoms with Gasteiger partial charge < -0.3 is 0 Å². The molecule has 0 aliphatic heterocycles. The van der Waals surface area contributed by atoms with Crippen molar-refractivity contribution in [1.29, 1.82) is 0 Å². The van der Waals surface area contributed by atoms with Crippen molar-refractivity contribution >= 4 is 39.0 Å². The van der Waals surface area contributed by atoms with Gasteiger partial charge in [0.25, 0.3) is 0 Å². The lowest BCUT2D eigenvalue weighted by Gasteiger charge is -2.04. The Hall–Kier alpha value is -2.58. The summed E-state index contributed by atoms with van der Waals surface area (Å²) in [6.07, 6.45) is 0. The molecule has 0 saturated carbocycles. The van der Waals surface area contributed by atoms with Gasteiger partial charge in [-0.2, -0.15) is 4.68 Å². The molecule has 0 fully saturated rings. The van der Waals surface area contributed by atoms with Crippen molar-refractivity contribution in [2.45, 2.75) is 12.1 Å². The number of carbonyl (C=O) groups excluding carboxylic acids is 1. The van der Waals surface area contributed by atoms with Gasteiger partial charge in [-0.05, 0) is 52.6 Å². The molecule has 5 nitrogen and oxygen atoms in total. The Balaban J connectivity index is 1.55. The average molecular weight is 384 g/mol. The quantitative estimate of drug-likeness (QED) is 0.379. The third-order valence-electron chi connectivity index (χ3n) is 3.92. The molecule has 0 atom stereocenters. The minimum Gasteiger partial charge on any atom is -0.292 e. The van der Waals surface area contributed by atoms with E-state index in [-0.39, 0.29) is 17.4 Å². The number of halogens is 1. The van der Waals surface area contributed by atoms with E-state index < -0.39 is 0 Å². The summed E-state index contributed by atoms with van der Waals surface area (Å²) in [6.45, 7) is 1.97. The van der Waals surface area contributed by atoms with E-state index in [1.807, 2.05) is 31.2 Å². The van der Waals surface area contributed by atoms with Crippen molar-refractivity contribution in [3.8, 4) is 5.69 Å². The number of fused-ring (bicyclic) bond motifs is 1. The number of Topliss-reactive ketones (excluding diaryl/α,β-unsaturated/α-hetero) is 1. The largest absolute Gasteiger partial charge is 0.292 e. The molecule has 8 heteroatoms. The molecule has 130 valence electrons. The van der Waals surface area contributed by atoms with Crippen molar-refractivity contribution in [3.05, 3.63) is 64.8 Å². The van der Waals surface area contributed by atoms with Crippen LogP contribution in [0.2, 0.25) is 0 Å². The van der Waals surface area contributed by atoms with Crippen molar-refractivity contribution in [1.82, 2.24) is 20.2 Å². The number of ketones is 1. The molecule has 0 unspecified atom stereocenters. The zero-order valence-electron chi connectivity index (χ0n) is 13.7. The lowest BCUT2D eigenvalue weighted by atomic mass is 10.1. The maximum atomic E-state index is 13.4. The predicted molar refractivity (Wildman–Crippen MR) is 101 cm³/mol. The molecule has 0 radical (unpaired) electrons. The summed E-state index contributed by atoms with van der Waals surface area (Å²) in [5.74, 6) is -0.128. The second kappa shape index (κ2) is 6.97. The van der Waals surface area contributed by atoms with Gasteiger partial charge in [0.1, 0.15) is 5.82 Å². The standard InChI is InChI=1S/C18H13FN4OS2/c1-11-14-7-2-3-8-16(14)26-17(11)15(24)10-25-18-20-21-22-23(18)13-6-4-5-12(19)9-13/h2-9H,10H2,1H3. The Morgan fingerprint density at radius 2 is 2.08 bits per heavy atom. The van der Waals surface area contributed by atoms with Gasteiger partial charge in [0.15, 0.2) is 5.78 Å². The molecule has 2 heterocycles. The van der Waals surface area contributed by atoms with Crippen LogP contribution in [-0.2, 0) is 0 Å². The van der Waals surface area contributed by atoms with E-state index in [0.29, 0.717) is 10.8 Å². The van der Waals surface area contributed by atoms with Crippen molar-refractivity contribution in [2.24, 2.45) is 0 Å². The number of aryl methyl sites for hydroxylation is 1. The molecule has 0 aliphatic rings. The maximum Gasteiger partial charge on any atom is 0.214 e. The summed E-state index contributed by atoms with van der Waals surface area (Å²) in [7, 11) is 0. The van der Waals surface area contributed by atoms with Gasteiger partial charge in [-0.1, -0.05) is 36.0 Å². The molecule has 2 aromatic carbocycles. The molecule has 0 aliphatic carbocycles. The van der Waals surface area contributed by atoms with Crippen LogP contribution in [0.4, 0.5) is 4.39 Å². The second-order valence-electron chi connectivity index (χ2n) is 5.62. The van der Waals surface area contributed by atoms with Crippen LogP contribution >= 0.6 is 23.1 Å². The Bertz CT molecular complexity index is 1110. The van der Waals surface area contributed by atoms with Crippen LogP contribution in [0.25, 0.3) is 15.8 Å². The SMILES string of the molecule is Cc1c(C(=O)CSc2nnnn2-c2cccc(F)c2)sc2ccccc12. The van der Waals surface area contributed by atoms with Crippen molar-refractivity contribution in [2.75, 3.05) is 5.75 Å². The van der Waals surface area contributed by atoms with Crippen molar-refractivity contribution < 1.29 is 9.18 Å². The Labute approximate surface area is 156 Å². The zero-order valence-corrected chi connectivity index (χ0v) is 15.4. The number of tetrazole rings is 1. The van der Waals surface area contributed by atoms with Crippen LogP contribution in [0.5, 0.6) is 0 Å². The number of hydrogen-bond acceptors (Lipinski definition) is 6. The molecule has 26 heavy (non-hydrogen) atoms. The van der Waals surface area contributed by atoms with Gasteiger partial charge in [0, 0.05) is 4.70 Å². The highest BCUT2D eigenvalue weighted by molar-refractivity contribution is 7.99. The summed E-state index contributed by atoms with van der Waals surface area (Å²) in [5, 5.41) is 13.0. The number of carbonyl (C=O) groups is 1. The van der Waals surface area contributed by atoms with Crippen LogP contribution in [0, 0.1) is 12.7 Å². The first-order chi connectivity index (χ1) is 12.6. The molecule has 4 rings (SSSR count). The Morgan fingerprint density at radius 1 is 1.23 bits per heavy atom. The fourth-order valence-corrected chi connectivity index (χ4v) is 4.68. The number of thiophene rings is 1. The average Bonchev–Trinajstić information content (AvgIpc) is 3.25. The smallest absolute Gasteiger partial charge is 0.214 e. The maximum absolute atomic E-state index is 13.4. The van der Waals surface area contributed by atoms with Crippen LogP contribution in [0.3, 0.4) is 0 Å². The van der Waals surface area contributed by atoms with E-state index in [1.165, 1.54) is 39.9 Å². The number of hydrogen-bond donors (Lipinski definition) is 0. The molecule has 4 aromatic rings. The lowest BCUT2D eigenvalue weighted by molar-refractivity contribution is 0.102. The number of aromatic nitrogens is 4. The molecule has 0 saturated heterocycles. The van der Waals surface area contributed by atoms with Crippen LogP contribution in [0.15, 0.2) is 53.7 Å². The lowest BCUT2D eigenvalue weighted by Crippen LogP contribution is -2.04. The molecular formula is C18H13FN4OS2. The summed E-state index contributed by atoms with van der Waals surface area (Å²) in [5.41, 5.74) is 1.52. The third-order valence-corrected chi connectivity index (χ3v) is 6.16. The highest BCUT2D eigenvalue weighted by Crippen LogP contribution is 2.32. The highest BCUT2D eigenvalue weighted by atomic mass is 32.2. The summed E-state index contributed by atoms with van der Waals surface area (Å²) >= 11 is 2.74. The van der Waals surface area contributed by atoms with Gasteiger partial charge in [-0.3, -0.25) is 4.79 Å². The molecule has 0 spiro atoms.